The molecule has 23 heavy (non-hydrogen) atoms. The number of thioether (sulfide) groups is 4. The lowest BCUT2D eigenvalue weighted by molar-refractivity contribution is -0.255. The summed E-state index contributed by atoms with van der Waals surface area (Å²) in [6.45, 7) is 3.85. The third-order valence-electron chi connectivity index (χ3n) is 3.48. The average Bonchev–Trinajstić information content (AvgIpc) is 3.07. The average molecular weight is 374 g/mol. The van der Waals surface area contributed by atoms with Gasteiger partial charge in [0.15, 0.2) is 4.08 Å². The van der Waals surface area contributed by atoms with E-state index in [0.29, 0.717) is 9.79 Å². The molecule has 0 saturated carbocycles. The van der Waals surface area contributed by atoms with E-state index < -0.39 is 14.1 Å². The molecule has 0 spiro atoms. The van der Waals surface area contributed by atoms with Crippen molar-refractivity contribution in [3.63, 3.8) is 0 Å². The number of fused-ring (bicyclic) bond motifs is 2. The van der Waals surface area contributed by atoms with Gasteiger partial charge in [-0.3, -0.25) is 0 Å². The summed E-state index contributed by atoms with van der Waals surface area (Å²) in [5, 5.41) is 11.8. The Balaban J connectivity index is 2.29. The van der Waals surface area contributed by atoms with Crippen LogP contribution in [0.5, 0.6) is 0 Å². The lowest BCUT2D eigenvalue weighted by atomic mass is 10.1. The smallest absolute Gasteiger partial charge is 0.191 e. The highest BCUT2D eigenvalue weighted by Crippen LogP contribution is 2.65. The number of carbonyl (C=O) groups is 1. The molecule has 6 heteroatoms. The minimum absolute atomic E-state index is 0.155. The van der Waals surface area contributed by atoms with Crippen molar-refractivity contribution in [1.29, 1.82) is 0 Å². The Hall–Kier alpha value is -1.23. The summed E-state index contributed by atoms with van der Waals surface area (Å²) >= 11 is 5.42. The van der Waals surface area contributed by atoms with Crippen LogP contribution in [0.1, 0.15) is 22.8 Å². The van der Waals surface area contributed by atoms with E-state index in [0.717, 1.165) is 15.4 Å². The summed E-state index contributed by atoms with van der Waals surface area (Å²) in [5.41, 5.74) is 1.13. The molecular weight excluding hydrogens is 364 g/mol. The molecule has 3 rings (SSSR count). The van der Waals surface area contributed by atoms with Gasteiger partial charge in [0.25, 0.3) is 0 Å². The third kappa shape index (κ3) is 2.35. The number of rotatable bonds is 1. The number of hydrogen-bond acceptors (Lipinski definition) is 6. The van der Waals surface area contributed by atoms with Crippen molar-refractivity contribution in [2.24, 2.45) is 0 Å². The zero-order valence-electron chi connectivity index (χ0n) is 12.2. The molecule has 2 aliphatic rings. The summed E-state index contributed by atoms with van der Waals surface area (Å²) in [6, 6.07) is 0. The van der Waals surface area contributed by atoms with E-state index >= 15 is 0 Å². The van der Waals surface area contributed by atoms with Crippen LogP contribution in [-0.2, 0) is 0 Å². The van der Waals surface area contributed by atoms with Crippen LogP contribution in [0.3, 0.4) is 0 Å². The number of terminal acetylenes is 3. The van der Waals surface area contributed by atoms with Gasteiger partial charge in [-0.15, -0.1) is 19.3 Å². The van der Waals surface area contributed by atoms with Crippen LogP contribution in [0.4, 0.5) is 0 Å². The number of benzene rings is 1. The molecule has 0 aromatic heterocycles. The molecule has 2 aliphatic heterocycles. The van der Waals surface area contributed by atoms with Crippen molar-refractivity contribution in [1.82, 2.24) is 0 Å². The van der Waals surface area contributed by atoms with Gasteiger partial charge in [0, 0.05) is 25.1 Å². The summed E-state index contributed by atoms with van der Waals surface area (Å²) in [6.07, 6.45) is 16.8. The first-order valence-corrected chi connectivity index (χ1v) is 9.67. The molecule has 2 heterocycles. The third-order valence-corrected chi connectivity index (χ3v) is 9.45. The first-order chi connectivity index (χ1) is 10.8. The van der Waals surface area contributed by atoms with Crippen LogP contribution in [0.2, 0.25) is 0 Å². The van der Waals surface area contributed by atoms with Crippen LogP contribution >= 0.6 is 47.0 Å². The Kier molecular flexibility index (Phi) is 3.90. The van der Waals surface area contributed by atoms with Gasteiger partial charge in [0.1, 0.15) is 4.08 Å². The van der Waals surface area contributed by atoms with Gasteiger partial charge < -0.3 is 9.90 Å². The molecule has 2 nitrogen and oxygen atoms in total. The minimum atomic E-state index is -1.23. The standard InChI is InChI=1S/C17H10O2S4/c1-6-16(5)20-11-9(4)12-14(10(15(18)19)13(11)21-16)23-17(7-2,8-3)22-12/h1-3H,4-5H3,(H,18,19)/p-1. The van der Waals surface area contributed by atoms with Crippen LogP contribution in [0.15, 0.2) is 19.6 Å². The fraction of sp³-hybridized carbons (Fsp3) is 0.235. The summed E-state index contributed by atoms with van der Waals surface area (Å²) in [5.74, 6) is 6.70. The van der Waals surface area contributed by atoms with E-state index in [1.165, 1.54) is 47.0 Å². The van der Waals surface area contributed by atoms with Gasteiger partial charge in [-0.2, -0.15) is 0 Å². The van der Waals surface area contributed by atoms with Crippen molar-refractivity contribution in [2.45, 2.75) is 41.6 Å². The van der Waals surface area contributed by atoms with Crippen LogP contribution in [0, 0.1) is 44.0 Å². The first-order valence-electron chi connectivity index (χ1n) is 6.41. The molecule has 0 radical (unpaired) electrons. The first kappa shape index (κ1) is 16.6. The number of aromatic carboxylic acids is 1. The SMILES string of the molecule is C#CC1(C)Sc2c(C)c3c(c(C(=O)[O-])c2S1)SC(C#C)(C#C)S3. The summed E-state index contributed by atoms with van der Waals surface area (Å²) < 4.78 is -1.45. The molecule has 0 N–H and O–H groups in total. The Bertz CT molecular complexity index is 868. The van der Waals surface area contributed by atoms with E-state index in [9.17, 15) is 9.90 Å². The van der Waals surface area contributed by atoms with Crippen molar-refractivity contribution < 1.29 is 9.90 Å². The highest BCUT2D eigenvalue weighted by Gasteiger charge is 2.44. The lowest BCUT2D eigenvalue weighted by Gasteiger charge is -2.16. The van der Waals surface area contributed by atoms with Crippen LogP contribution in [-0.4, -0.2) is 14.1 Å². The molecule has 0 aliphatic carbocycles. The van der Waals surface area contributed by atoms with Gasteiger partial charge in [-0.25, -0.2) is 0 Å². The molecule has 1 aromatic carbocycles. The van der Waals surface area contributed by atoms with Gasteiger partial charge in [-0.05, 0) is 19.4 Å². The molecule has 1 aromatic rings. The van der Waals surface area contributed by atoms with E-state index in [-0.39, 0.29) is 5.56 Å². The predicted octanol–water partition coefficient (Wildman–Crippen LogP) is 3.07. The Morgan fingerprint density at radius 2 is 1.43 bits per heavy atom. The maximum Gasteiger partial charge on any atom is 0.191 e. The second kappa shape index (κ2) is 5.40. The maximum atomic E-state index is 11.8. The van der Waals surface area contributed by atoms with Gasteiger partial charge in [0.05, 0.1) is 5.97 Å². The van der Waals surface area contributed by atoms with Gasteiger partial charge in [-0.1, -0.05) is 64.8 Å². The fourth-order valence-electron chi connectivity index (χ4n) is 2.34. The van der Waals surface area contributed by atoms with Crippen LogP contribution < -0.4 is 5.11 Å². The van der Waals surface area contributed by atoms with Crippen molar-refractivity contribution in [3.8, 4) is 37.0 Å². The molecule has 0 amide bonds. The molecule has 114 valence electrons. The molecule has 0 fully saturated rings. The monoisotopic (exact) mass is 373 g/mol. The number of carboxylic acid groups (broad SMARTS) is 1. The zero-order valence-corrected chi connectivity index (χ0v) is 15.4. The largest absolute Gasteiger partial charge is 0.545 e. The maximum absolute atomic E-state index is 11.8. The van der Waals surface area contributed by atoms with Crippen molar-refractivity contribution in [3.05, 3.63) is 11.1 Å². The van der Waals surface area contributed by atoms with E-state index in [1.54, 1.807) is 0 Å². The molecule has 1 unspecified atom stereocenters. The number of carboxylic acids is 1. The molecular formula is C17H9O2S4-. The highest BCUT2D eigenvalue weighted by molar-refractivity contribution is 8.22. The highest BCUT2D eigenvalue weighted by atomic mass is 32.2. The zero-order chi connectivity index (χ0) is 17.0. The second-order valence-corrected chi connectivity index (χ2v) is 10.8. The molecule has 0 bridgehead atoms. The van der Waals surface area contributed by atoms with Crippen molar-refractivity contribution in [2.75, 3.05) is 0 Å². The molecule has 0 saturated heterocycles. The quantitative estimate of drug-likeness (QED) is 0.705. The van der Waals surface area contributed by atoms with E-state index in [4.69, 9.17) is 19.3 Å². The Morgan fingerprint density at radius 3 is 1.96 bits per heavy atom. The topological polar surface area (TPSA) is 40.1 Å². The lowest BCUT2D eigenvalue weighted by Crippen LogP contribution is -2.24. The summed E-state index contributed by atoms with van der Waals surface area (Å²) in [7, 11) is 0. The van der Waals surface area contributed by atoms with Gasteiger partial charge >= 0.3 is 0 Å². The molecule has 1 atom stereocenters. The van der Waals surface area contributed by atoms with E-state index in [2.05, 4.69) is 17.8 Å². The van der Waals surface area contributed by atoms with Crippen molar-refractivity contribution >= 4 is 53.0 Å². The second-order valence-electron chi connectivity index (χ2n) is 5.01. The number of carbonyl (C=O) groups excluding carboxylic acids is 1. The van der Waals surface area contributed by atoms with Gasteiger partial charge in [0.2, 0.25) is 0 Å². The van der Waals surface area contributed by atoms with Crippen LogP contribution in [0.25, 0.3) is 0 Å². The Morgan fingerprint density at radius 1 is 0.957 bits per heavy atom. The minimum Gasteiger partial charge on any atom is -0.545 e. The Labute approximate surface area is 152 Å². The number of hydrogen-bond donors (Lipinski definition) is 0. The van der Waals surface area contributed by atoms with E-state index in [1.807, 2.05) is 13.8 Å². The summed E-state index contributed by atoms with van der Waals surface area (Å²) in [4.78, 5) is 14.8. The fourth-order valence-corrected chi connectivity index (χ4v) is 7.97. The normalized spacial score (nSPS) is 23.3. The predicted molar refractivity (Wildman–Crippen MR) is 96.6 cm³/mol.